The minimum atomic E-state index is -4.01. The van der Waals surface area contributed by atoms with Crippen molar-refractivity contribution < 1.29 is 22.2 Å². The van der Waals surface area contributed by atoms with Crippen LogP contribution in [0.25, 0.3) is 0 Å². The third-order valence-corrected chi connectivity index (χ3v) is 5.18. The second-order valence-corrected chi connectivity index (χ2v) is 7.33. The van der Waals surface area contributed by atoms with E-state index in [0.717, 1.165) is 0 Å². The fourth-order valence-corrected chi connectivity index (χ4v) is 3.95. The van der Waals surface area contributed by atoms with Crippen molar-refractivity contribution in [3.8, 4) is 0 Å². The second-order valence-electron chi connectivity index (χ2n) is 4.37. The van der Waals surface area contributed by atoms with Gasteiger partial charge in [-0.25, -0.2) is 12.8 Å². The van der Waals surface area contributed by atoms with Gasteiger partial charge in [-0.1, -0.05) is 35.2 Å². The monoisotopic (exact) mass is 343 g/mol. The van der Waals surface area contributed by atoms with Crippen LogP contribution in [0.3, 0.4) is 0 Å². The molecule has 0 saturated heterocycles. The summed E-state index contributed by atoms with van der Waals surface area (Å²) >= 11 is -1.47. The standard InChI is InChI=1S/C14H14FNO4S2/c1-21(17)13-8-4-5-9-14(13)22(18,19)16-20-10-11-6-2-3-7-12(11)15/h2-9,16H,10H2,1H3. The molecule has 118 valence electrons. The molecule has 0 heterocycles. The van der Waals surface area contributed by atoms with Gasteiger partial charge in [0.25, 0.3) is 10.0 Å². The van der Waals surface area contributed by atoms with Crippen molar-refractivity contribution in [3.05, 3.63) is 59.9 Å². The van der Waals surface area contributed by atoms with Gasteiger partial charge in [-0.2, -0.15) is 0 Å². The molecule has 8 heteroatoms. The summed E-state index contributed by atoms with van der Waals surface area (Å²) in [7, 11) is -4.01. The third-order valence-electron chi connectivity index (χ3n) is 2.80. The normalized spacial score (nSPS) is 13.0. The molecule has 0 bridgehead atoms. The van der Waals surface area contributed by atoms with Crippen molar-refractivity contribution in [3.63, 3.8) is 0 Å². The lowest BCUT2D eigenvalue weighted by Crippen LogP contribution is -2.25. The van der Waals surface area contributed by atoms with Crippen LogP contribution in [0.15, 0.2) is 58.3 Å². The first-order valence-corrected chi connectivity index (χ1v) is 9.25. The zero-order valence-electron chi connectivity index (χ0n) is 11.7. The predicted molar refractivity (Wildman–Crippen MR) is 80.3 cm³/mol. The van der Waals surface area contributed by atoms with Gasteiger partial charge >= 0.3 is 0 Å². The lowest BCUT2D eigenvalue weighted by atomic mass is 10.2. The average Bonchev–Trinajstić information content (AvgIpc) is 2.49. The SMILES string of the molecule is C[S+]([O-])c1ccccc1S(=O)(=O)NOCc1ccccc1F. The highest BCUT2D eigenvalue weighted by Gasteiger charge is 2.23. The molecule has 2 aromatic rings. The minimum absolute atomic E-state index is 0.135. The minimum Gasteiger partial charge on any atom is -0.612 e. The molecule has 2 rings (SSSR count). The molecule has 5 nitrogen and oxygen atoms in total. The highest BCUT2D eigenvalue weighted by atomic mass is 32.2. The summed E-state index contributed by atoms with van der Waals surface area (Å²) in [6.07, 6.45) is 1.38. The number of hydrogen-bond donors (Lipinski definition) is 1. The van der Waals surface area contributed by atoms with Crippen LogP contribution in [0.1, 0.15) is 5.56 Å². The van der Waals surface area contributed by atoms with Gasteiger partial charge in [-0.15, -0.1) is 0 Å². The van der Waals surface area contributed by atoms with Crippen molar-refractivity contribution >= 4 is 21.2 Å². The maximum absolute atomic E-state index is 13.4. The molecule has 1 unspecified atom stereocenters. The highest BCUT2D eigenvalue weighted by Crippen LogP contribution is 2.20. The van der Waals surface area contributed by atoms with Crippen molar-refractivity contribution in [1.29, 1.82) is 0 Å². The van der Waals surface area contributed by atoms with Crippen LogP contribution in [0, 0.1) is 5.82 Å². The largest absolute Gasteiger partial charge is 0.612 e. The third kappa shape index (κ3) is 4.05. The van der Waals surface area contributed by atoms with Crippen LogP contribution in [-0.4, -0.2) is 19.2 Å². The molecule has 1 N–H and O–H groups in total. The fourth-order valence-electron chi connectivity index (χ4n) is 1.75. The van der Waals surface area contributed by atoms with Crippen molar-refractivity contribution in [2.24, 2.45) is 0 Å². The van der Waals surface area contributed by atoms with Crippen molar-refractivity contribution in [2.75, 3.05) is 6.26 Å². The Morgan fingerprint density at radius 3 is 2.50 bits per heavy atom. The highest BCUT2D eigenvalue weighted by molar-refractivity contribution is 7.93. The van der Waals surface area contributed by atoms with Crippen LogP contribution < -0.4 is 4.89 Å². The quantitative estimate of drug-likeness (QED) is 0.642. The maximum atomic E-state index is 13.4. The van der Waals surface area contributed by atoms with Gasteiger partial charge in [-0.3, -0.25) is 4.84 Å². The van der Waals surface area contributed by atoms with Crippen LogP contribution in [-0.2, 0) is 32.6 Å². The molecule has 2 aromatic carbocycles. The van der Waals surface area contributed by atoms with Gasteiger partial charge in [0.2, 0.25) is 0 Å². The molecule has 1 atom stereocenters. The summed E-state index contributed by atoms with van der Waals surface area (Å²) in [6.45, 7) is -0.261. The molecule has 0 aliphatic rings. The first kappa shape index (κ1) is 16.9. The molecule has 0 spiro atoms. The Balaban J connectivity index is 2.11. The van der Waals surface area contributed by atoms with Crippen LogP contribution in [0.4, 0.5) is 4.39 Å². The van der Waals surface area contributed by atoms with Gasteiger partial charge in [-0.05, 0) is 29.4 Å². The summed E-state index contributed by atoms with van der Waals surface area (Å²) in [6, 6.07) is 11.8. The Kier molecular flexibility index (Phi) is 5.54. The number of sulfonamides is 1. The molecule has 0 radical (unpaired) electrons. The first-order valence-electron chi connectivity index (χ1n) is 6.21. The van der Waals surface area contributed by atoms with Gasteiger partial charge in [0.1, 0.15) is 17.0 Å². The van der Waals surface area contributed by atoms with Crippen LogP contribution >= 0.6 is 0 Å². The Labute approximate surface area is 131 Å². The van der Waals surface area contributed by atoms with E-state index in [4.69, 9.17) is 4.84 Å². The van der Waals surface area contributed by atoms with Crippen LogP contribution in [0.5, 0.6) is 0 Å². The number of rotatable bonds is 6. The molecule has 0 aromatic heterocycles. The summed E-state index contributed by atoms with van der Waals surface area (Å²) < 4.78 is 49.3. The number of hydrogen-bond acceptors (Lipinski definition) is 4. The Bertz CT molecular complexity index is 750. The number of nitrogens with one attached hydrogen (secondary N) is 1. The van der Waals surface area contributed by atoms with Crippen molar-refractivity contribution in [2.45, 2.75) is 16.4 Å². The summed E-state index contributed by atoms with van der Waals surface area (Å²) in [4.78, 5) is 6.83. The predicted octanol–water partition coefficient (Wildman–Crippen LogP) is 1.97. The smallest absolute Gasteiger partial charge is 0.267 e. The van der Waals surface area contributed by atoms with E-state index in [0.29, 0.717) is 0 Å². The summed E-state index contributed by atoms with van der Waals surface area (Å²) in [5.74, 6) is -0.489. The first-order chi connectivity index (χ1) is 10.4. The average molecular weight is 343 g/mol. The zero-order valence-corrected chi connectivity index (χ0v) is 13.3. The topological polar surface area (TPSA) is 78.5 Å². The maximum Gasteiger partial charge on any atom is 0.267 e. The fraction of sp³-hybridized carbons (Fsp3) is 0.143. The van der Waals surface area contributed by atoms with Gasteiger partial charge in [0, 0.05) is 5.56 Å². The molecule has 0 aliphatic heterocycles. The number of benzene rings is 2. The van der Waals surface area contributed by atoms with E-state index in [1.54, 1.807) is 12.1 Å². The Hall–Kier alpha value is -1.45. The molecule has 0 aliphatic carbocycles. The molecule has 22 heavy (non-hydrogen) atoms. The van der Waals surface area contributed by atoms with E-state index >= 15 is 0 Å². The number of halogens is 1. The molecule has 0 saturated carbocycles. The van der Waals surface area contributed by atoms with Crippen LogP contribution in [0.2, 0.25) is 0 Å². The van der Waals surface area contributed by atoms with E-state index in [1.165, 1.54) is 42.7 Å². The van der Waals surface area contributed by atoms with Gasteiger partial charge in [0.15, 0.2) is 4.90 Å². The van der Waals surface area contributed by atoms with Gasteiger partial charge in [0.05, 0.1) is 6.61 Å². The molecular formula is C14H14FNO4S2. The zero-order chi connectivity index (χ0) is 16.2. The van der Waals surface area contributed by atoms with E-state index in [1.807, 2.05) is 4.89 Å². The summed E-state index contributed by atoms with van der Waals surface area (Å²) in [5.41, 5.74) is 0.220. The Morgan fingerprint density at radius 2 is 1.82 bits per heavy atom. The van der Waals surface area contributed by atoms with Gasteiger partial charge < -0.3 is 4.55 Å². The second kappa shape index (κ2) is 7.21. The lowest BCUT2D eigenvalue weighted by Gasteiger charge is -2.11. The van der Waals surface area contributed by atoms with E-state index in [2.05, 4.69) is 0 Å². The van der Waals surface area contributed by atoms with E-state index in [-0.39, 0.29) is 22.0 Å². The Morgan fingerprint density at radius 1 is 1.18 bits per heavy atom. The van der Waals surface area contributed by atoms with Crippen molar-refractivity contribution in [1.82, 2.24) is 4.89 Å². The molecule has 0 amide bonds. The summed E-state index contributed by atoms with van der Waals surface area (Å²) in [5, 5.41) is 0. The lowest BCUT2D eigenvalue weighted by molar-refractivity contribution is 0.0774. The van der Waals surface area contributed by atoms with E-state index in [9.17, 15) is 17.4 Å². The molecular weight excluding hydrogens is 329 g/mol. The van der Waals surface area contributed by atoms with E-state index < -0.39 is 27.0 Å². The molecule has 0 fully saturated rings.